The SMILES string of the molecule is C=N/N=c1/cc(N2CCC(c3ccccc3C(C)C)CC2)ccn1CCC1CC1(F)F. The number of hydrogen-bond donors (Lipinski definition) is 0. The van der Waals surface area contributed by atoms with E-state index in [0.29, 0.717) is 30.3 Å². The molecule has 31 heavy (non-hydrogen) atoms. The lowest BCUT2D eigenvalue weighted by Crippen LogP contribution is -2.34. The van der Waals surface area contributed by atoms with Gasteiger partial charge in [0.1, 0.15) is 0 Å². The molecule has 1 aromatic carbocycles. The van der Waals surface area contributed by atoms with E-state index in [9.17, 15) is 8.78 Å². The van der Waals surface area contributed by atoms with E-state index in [2.05, 4.69) is 66.0 Å². The van der Waals surface area contributed by atoms with Gasteiger partial charge in [0.05, 0.1) is 0 Å². The maximum absolute atomic E-state index is 13.2. The Kier molecular flexibility index (Phi) is 6.26. The molecular formula is C25H32F2N4. The Morgan fingerprint density at radius 3 is 2.52 bits per heavy atom. The highest BCUT2D eigenvalue weighted by atomic mass is 19.3. The minimum absolute atomic E-state index is 0.00666. The fourth-order valence-electron chi connectivity index (χ4n) is 4.79. The Morgan fingerprint density at radius 2 is 1.87 bits per heavy atom. The van der Waals surface area contributed by atoms with Gasteiger partial charge in [-0.05, 0) is 48.3 Å². The summed E-state index contributed by atoms with van der Waals surface area (Å²) in [7, 11) is 0. The number of pyridine rings is 1. The van der Waals surface area contributed by atoms with E-state index in [1.165, 1.54) is 11.1 Å². The van der Waals surface area contributed by atoms with Crippen molar-refractivity contribution in [1.29, 1.82) is 0 Å². The maximum atomic E-state index is 13.2. The molecule has 6 heteroatoms. The van der Waals surface area contributed by atoms with Crippen LogP contribution in [0.5, 0.6) is 0 Å². The largest absolute Gasteiger partial charge is 0.371 e. The lowest BCUT2D eigenvalue weighted by molar-refractivity contribution is 0.0959. The van der Waals surface area contributed by atoms with Crippen molar-refractivity contribution in [3.63, 3.8) is 0 Å². The molecule has 4 nitrogen and oxygen atoms in total. The van der Waals surface area contributed by atoms with Gasteiger partial charge in [-0.15, -0.1) is 5.10 Å². The van der Waals surface area contributed by atoms with Gasteiger partial charge in [0.15, 0.2) is 5.49 Å². The van der Waals surface area contributed by atoms with E-state index >= 15 is 0 Å². The van der Waals surface area contributed by atoms with E-state index in [0.717, 1.165) is 31.6 Å². The summed E-state index contributed by atoms with van der Waals surface area (Å²) in [5.41, 5.74) is 4.72. The molecule has 1 saturated heterocycles. The molecule has 0 radical (unpaired) electrons. The smallest absolute Gasteiger partial charge is 0.251 e. The molecule has 2 fully saturated rings. The third-order valence-corrected chi connectivity index (χ3v) is 6.76. The number of anilines is 1. The first-order chi connectivity index (χ1) is 14.9. The van der Waals surface area contributed by atoms with Gasteiger partial charge in [-0.3, -0.25) is 0 Å². The Labute approximate surface area is 183 Å². The normalized spacial score (nSPS) is 21.5. The monoisotopic (exact) mass is 426 g/mol. The quantitative estimate of drug-likeness (QED) is 0.422. The molecule has 1 saturated carbocycles. The molecule has 0 amide bonds. The number of aromatic nitrogens is 1. The lowest BCUT2D eigenvalue weighted by Gasteiger charge is -2.35. The molecule has 1 aromatic heterocycles. The van der Waals surface area contributed by atoms with Crippen LogP contribution < -0.4 is 10.4 Å². The van der Waals surface area contributed by atoms with Crippen molar-refractivity contribution in [2.45, 2.75) is 63.8 Å². The first-order valence-corrected chi connectivity index (χ1v) is 11.3. The number of halogens is 2. The predicted molar refractivity (Wildman–Crippen MR) is 122 cm³/mol. The Balaban J connectivity index is 1.44. The van der Waals surface area contributed by atoms with Crippen LogP contribution in [0.1, 0.15) is 62.5 Å². The Hall–Kier alpha value is -2.50. The van der Waals surface area contributed by atoms with Crippen molar-refractivity contribution in [2.75, 3.05) is 18.0 Å². The number of piperidine rings is 1. The highest BCUT2D eigenvalue weighted by Gasteiger charge is 2.55. The number of nitrogens with zero attached hydrogens (tertiary/aromatic N) is 4. The molecule has 0 spiro atoms. The summed E-state index contributed by atoms with van der Waals surface area (Å²) in [5.74, 6) is -1.86. The first-order valence-electron chi connectivity index (χ1n) is 11.3. The van der Waals surface area contributed by atoms with E-state index in [-0.39, 0.29) is 6.42 Å². The van der Waals surface area contributed by atoms with Crippen LogP contribution in [0.2, 0.25) is 0 Å². The minimum Gasteiger partial charge on any atom is -0.371 e. The molecular weight excluding hydrogens is 394 g/mol. The van der Waals surface area contributed by atoms with Gasteiger partial charge in [0, 0.05) is 56.6 Å². The molecule has 0 N–H and O–H groups in total. The second-order valence-electron chi connectivity index (χ2n) is 9.17. The fourth-order valence-corrected chi connectivity index (χ4v) is 4.79. The lowest BCUT2D eigenvalue weighted by atomic mass is 9.83. The minimum atomic E-state index is -2.48. The number of benzene rings is 1. The van der Waals surface area contributed by atoms with Crippen molar-refractivity contribution < 1.29 is 8.78 Å². The summed E-state index contributed by atoms with van der Waals surface area (Å²) in [6.45, 7) is 10.5. The van der Waals surface area contributed by atoms with Gasteiger partial charge < -0.3 is 9.47 Å². The first kappa shape index (κ1) is 21.7. The van der Waals surface area contributed by atoms with Crippen molar-refractivity contribution in [3.8, 4) is 0 Å². The Bertz CT molecular complexity index is 987. The van der Waals surface area contributed by atoms with Crippen LogP contribution in [0.25, 0.3) is 0 Å². The molecule has 1 unspecified atom stereocenters. The summed E-state index contributed by atoms with van der Waals surface area (Å²) in [6.07, 6.45) is 4.63. The molecule has 0 bridgehead atoms. The van der Waals surface area contributed by atoms with E-state index < -0.39 is 11.8 Å². The predicted octanol–water partition coefficient (Wildman–Crippen LogP) is 5.56. The molecule has 166 valence electrons. The van der Waals surface area contributed by atoms with Gasteiger partial charge in [0.2, 0.25) is 0 Å². The molecule has 4 rings (SSSR count). The zero-order valence-electron chi connectivity index (χ0n) is 18.5. The number of hydrogen-bond acceptors (Lipinski definition) is 3. The van der Waals surface area contributed by atoms with Gasteiger partial charge in [-0.1, -0.05) is 38.1 Å². The maximum Gasteiger partial charge on any atom is 0.251 e. The van der Waals surface area contributed by atoms with Crippen LogP contribution in [0.4, 0.5) is 14.5 Å². The summed E-state index contributed by atoms with van der Waals surface area (Å²) in [5, 5.41) is 7.84. The third-order valence-electron chi connectivity index (χ3n) is 6.76. The average molecular weight is 427 g/mol. The Morgan fingerprint density at radius 1 is 1.16 bits per heavy atom. The molecule has 1 aliphatic carbocycles. The number of rotatable bonds is 7. The van der Waals surface area contributed by atoms with Crippen molar-refractivity contribution >= 4 is 12.4 Å². The van der Waals surface area contributed by atoms with Crippen molar-refractivity contribution in [1.82, 2.24) is 4.57 Å². The molecule has 2 aliphatic rings. The van der Waals surface area contributed by atoms with Crippen LogP contribution in [0.3, 0.4) is 0 Å². The number of aryl methyl sites for hydroxylation is 1. The molecule has 2 aromatic rings. The van der Waals surface area contributed by atoms with Crippen LogP contribution in [0.15, 0.2) is 52.8 Å². The highest BCUT2D eigenvalue weighted by Crippen LogP contribution is 2.50. The van der Waals surface area contributed by atoms with Gasteiger partial charge in [0.25, 0.3) is 5.92 Å². The van der Waals surface area contributed by atoms with E-state index in [1.54, 1.807) is 0 Å². The van der Waals surface area contributed by atoms with Crippen LogP contribution in [-0.2, 0) is 6.54 Å². The summed E-state index contributed by atoms with van der Waals surface area (Å²) < 4.78 is 28.3. The summed E-state index contributed by atoms with van der Waals surface area (Å²) >= 11 is 0. The van der Waals surface area contributed by atoms with Crippen molar-refractivity contribution in [2.24, 2.45) is 16.1 Å². The summed E-state index contributed by atoms with van der Waals surface area (Å²) in [4.78, 5) is 2.38. The zero-order chi connectivity index (χ0) is 22.0. The van der Waals surface area contributed by atoms with Gasteiger partial charge in [-0.2, -0.15) is 5.10 Å². The third kappa shape index (κ3) is 4.89. The molecule has 1 atom stereocenters. The van der Waals surface area contributed by atoms with Gasteiger partial charge in [-0.25, -0.2) is 8.78 Å². The zero-order valence-corrected chi connectivity index (χ0v) is 18.5. The second kappa shape index (κ2) is 8.93. The standard InChI is InChI=1S/C25H32F2N4/c1-18(2)22-6-4-5-7-23(22)19-8-12-30(13-9-19)21-11-15-31(24(16-21)29-28-3)14-10-20-17-25(20,26)27/h4-7,11,15-16,18-20H,3,8-10,12-14,17H2,1-2H3/b29-24-. The van der Waals surface area contributed by atoms with Crippen LogP contribution in [0, 0.1) is 5.92 Å². The van der Waals surface area contributed by atoms with Crippen LogP contribution >= 0.6 is 0 Å². The summed E-state index contributed by atoms with van der Waals surface area (Å²) in [6, 6.07) is 12.9. The topological polar surface area (TPSA) is 32.9 Å². The van der Waals surface area contributed by atoms with Crippen LogP contribution in [-0.4, -0.2) is 30.3 Å². The van der Waals surface area contributed by atoms with E-state index in [1.807, 2.05) is 16.8 Å². The van der Waals surface area contributed by atoms with Crippen molar-refractivity contribution in [3.05, 3.63) is 59.2 Å². The van der Waals surface area contributed by atoms with E-state index in [4.69, 9.17) is 0 Å². The fraction of sp³-hybridized carbons (Fsp3) is 0.520. The second-order valence-corrected chi connectivity index (χ2v) is 9.17. The highest BCUT2D eigenvalue weighted by molar-refractivity contribution is 5.46. The molecule has 2 heterocycles. The van der Waals surface area contributed by atoms with Gasteiger partial charge >= 0.3 is 0 Å². The average Bonchev–Trinajstić information content (AvgIpc) is 3.39. The number of alkyl halides is 2. The molecule has 1 aliphatic heterocycles.